The number of benzene rings is 2. The second-order valence-corrected chi connectivity index (χ2v) is 14.7. The number of hydrogen-bond acceptors (Lipinski definition) is 11. The first-order valence-corrected chi connectivity index (χ1v) is 16.8. The molecule has 2 aromatic rings. The van der Waals surface area contributed by atoms with Crippen LogP contribution in [0.3, 0.4) is 0 Å². The topological polar surface area (TPSA) is 149 Å². The van der Waals surface area contributed by atoms with Gasteiger partial charge in [0.2, 0.25) is 0 Å². The van der Waals surface area contributed by atoms with Crippen molar-refractivity contribution >= 4 is 72.3 Å². The number of nitrogens with zero attached hydrogens (tertiary/aromatic N) is 2. The molecule has 220 valence electrons. The molecule has 1 saturated heterocycles. The highest BCUT2D eigenvalue weighted by Gasteiger charge is 2.84. The van der Waals surface area contributed by atoms with Crippen molar-refractivity contribution in [3.8, 4) is 0 Å². The van der Waals surface area contributed by atoms with Crippen molar-refractivity contribution in [2.24, 2.45) is 10.4 Å². The molecule has 0 aromatic heterocycles. The Kier molecular flexibility index (Phi) is 8.33. The van der Waals surface area contributed by atoms with E-state index in [1.807, 2.05) is 0 Å². The van der Waals surface area contributed by atoms with Gasteiger partial charge in [0.1, 0.15) is 0 Å². The van der Waals surface area contributed by atoms with Crippen molar-refractivity contribution in [3.63, 3.8) is 0 Å². The highest BCUT2D eigenvalue weighted by Crippen LogP contribution is 2.55. The van der Waals surface area contributed by atoms with E-state index in [2.05, 4.69) is 10.4 Å². The van der Waals surface area contributed by atoms with Gasteiger partial charge >= 0.3 is 11.9 Å². The summed E-state index contributed by atoms with van der Waals surface area (Å²) < 4.78 is 61.9. The van der Waals surface area contributed by atoms with Crippen LogP contribution >= 0.6 is 23.2 Å². The number of fused-ring (bicyclic) bond motifs is 1. The average molecular weight is 645 g/mol. The van der Waals surface area contributed by atoms with E-state index in [1.165, 1.54) is 20.1 Å². The van der Waals surface area contributed by atoms with Gasteiger partial charge in [0.25, 0.3) is 9.62 Å². The molecule has 2 aliphatic rings. The van der Waals surface area contributed by atoms with Crippen LogP contribution in [0.25, 0.3) is 11.3 Å². The third-order valence-electron chi connectivity index (χ3n) is 6.78. The Labute approximate surface area is 247 Å². The maximum atomic E-state index is 13.9. The van der Waals surface area contributed by atoms with Crippen LogP contribution in [0.5, 0.6) is 0 Å². The molecule has 0 aliphatic carbocycles. The smallest absolute Gasteiger partial charge is 0.332 e. The first-order valence-electron chi connectivity index (χ1n) is 12.3. The second kappa shape index (κ2) is 11.0. The standard InChI is InChI=1S/C26H27Cl2N3O8S2/c1-5-38-23(32)25(24(33)39-6-2)22-29-15-19(18-9-7-8-10-20(18)28)21(16-11-13-17(27)14-12-16)31(22)30-26(25,40(3,34)35)41(4,36)37/h7-15,22,30H,5-6H2,1-4H3. The molecule has 2 aromatic carbocycles. The van der Waals surface area contributed by atoms with Gasteiger partial charge in [0, 0.05) is 45.5 Å². The molecular weight excluding hydrogens is 617 g/mol. The van der Waals surface area contributed by atoms with Crippen LogP contribution in [-0.4, -0.2) is 76.1 Å². The molecule has 0 spiro atoms. The van der Waals surface area contributed by atoms with E-state index >= 15 is 0 Å². The van der Waals surface area contributed by atoms with Crippen molar-refractivity contribution < 1.29 is 35.9 Å². The summed E-state index contributed by atoms with van der Waals surface area (Å²) in [4.78, 5) is 32.2. The fourth-order valence-corrected chi connectivity index (χ4v) is 10.0. The minimum absolute atomic E-state index is 0.168. The van der Waals surface area contributed by atoms with Crippen molar-refractivity contribution in [1.82, 2.24) is 10.4 Å². The van der Waals surface area contributed by atoms with E-state index in [9.17, 15) is 26.4 Å². The summed E-state index contributed by atoms with van der Waals surface area (Å²) in [5, 5.41) is 1.77. The van der Waals surface area contributed by atoms with E-state index in [0.717, 1.165) is 5.01 Å². The SMILES string of the molecule is CCOC(=O)C1(C(=O)OCC)C2N=CC(c3ccccc3Cl)=C(c3ccc(Cl)cc3)N2NC1(S(C)(=O)=O)S(C)(=O)=O. The number of allylic oxidation sites excluding steroid dienone is 1. The predicted molar refractivity (Wildman–Crippen MR) is 155 cm³/mol. The normalized spacial score (nSPS) is 19.6. The van der Waals surface area contributed by atoms with E-state index in [-0.39, 0.29) is 18.9 Å². The Morgan fingerprint density at radius 3 is 1.95 bits per heavy atom. The molecule has 0 saturated carbocycles. The summed E-state index contributed by atoms with van der Waals surface area (Å²) in [5.74, 6) is -2.88. The van der Waals surface area contributed by atoms with Crippen LogP contribution in [0.1, 0.15) is 25.0 Å². The third kappa shape index (κ3) is 4.63. The number of sulfone groups is 2. The molecule has 11 nitrogen and oxygen atoms in total. The van der Waals surface area contributed by atoms with Crippen LogP contribution in [0.2, 0.25) is 10.0 Å². The molecule has 2 aliphatic heterocycles. The second-order valence-electron chi connectivity index (χ2n) is 9.29. The van der Waals surface area contributed by atoms with Crippen molar-refractivity contribution in [2.75, 3.05) is 25.7 Å². The van der Waals surface area contributed by atoms with Gasteiger partial charge < -0.3 is 9.47 Å². The molecule has 0 amide bonds. The van der Waals surface area contributed by atoms with Gasteiger partial charge in [-0.3, -0.25) is 19.6 Å². The van der Waals surface area contributed by atoms with E-state index in [0.29, 0.717) is 39.3 Å². The van der Waals surface area contributed by atoms with Crippen LogP contribution in [0.4, 0.5) is 0 Å². The molecule has 4 rings (SSSR count). The Morgan fingerprint density at radius 2 is 1.46 bits per heavy atom. The molecule has 0 radical (unpaired) electrons. The number of esters is 2. The maximum absolute atomic E-state index is 13.9. The monoisotopic (exact) mass is 643 g/mol. The molecule has 41 heavy (non-hydrogen) atoms. The number of ether oxygens (including phenoxy) is 2. The minimum atomic E-state index is -4.90. The summed E-state index contributed by atoms with van der Waals surface area (Å²) >= 11 is 12.7. The minimum Gasteiger partial charge on any atom is -0.465 e. The largest absolute Gasteiger partial charge is 0.465 e. The van der Waals surface area contributed by atoms with Gasteiger partial charge in [-0.05, 0) is 32.0 Å². The van der Waals surface area contributed by atoms with Gasteiger partial charge in [0.05, 0.1) is 18.9 Å². The van der Waals surface area contributed by atoms with Crippen molar-refractivity contribution in [1.29, 1.82) is 0 Å². The van der Waals surface area contributed by atoms with Crippen LogP contribution < -0.4 is 5.43 Å². The molecule has 1 unspecified atom stereocenters. The molecule has 1 atom stereocenters. The van der Waals surface area contributed by atoms with E-state index in [4.69, 9.17) is 32.7 Å². The van der Waals surface area contributed by atoms with Gasteiger partial charge in [-0.25, -0.2) is 16.8 Å². The Hall–Kier alpha value is -2.97. The lowest BCUT2D eigenvalue weighted by molar-refractivity contribution is -0.174. The lowest BCUT2D eigenvalue weighted by Gasteiger charge is -2.38. The first kappa shape index (κ1) is 31.0. The van der Waals surface area contributed by atoms with Gasteiger partial charge in [-0.1, -0.05) is 53.5 Å². The maximum Gasteiger partial charge on any atom is 0.332 e. The average Bonchev–Trinajstić information content (AvgIpc) is 3.23. The van der Waals surface area contributed by atoms with Gasteiger partial charge in [-0.15, -0.1) is 0 Å². The number of hydrazine groups is 1. The highest BCUT2D eigenvalue weighted by atomic mass is 35.5. The van der Waals surface area contributed by atoms with Crippen LogP contribution in [0, 0.1) is 5.41 Å². The molecule has 2 heterocycles. The molecule has 1 fully saturated rings. The summed E-state index contributed by atoms with van der Waals surface area (Å²) in [6.45, 7) is 2.26. The first-order chi connectivity index (χ1) is 19.2. The van der Waals surface area contributed by atoms with Crippen LogP contribution in [-0.2, 0) is 38.7 Å². The van der Waals surface area contributed by atoms with Crippen molar-refractivity contribution in [2.45, 2.75) is 24.2 Å². The molecule has 1 N–H and O–H groups in total. The number of carbonyl (C=O) groups excluding carboxylic acids is 2. The quantitative estimate of drug-likeness (QED) is 0.336. The lowest BCUT2D eigenvalue weighted by atomic mass is 9.83. The summed E-state index contributed by atoms with van der Waals surface area (Å²) in [6, 6.07) is 13.1. The number of halogens is 2. The Morgan fingerprint density at radius 1 is 0.927 bits per heavy atom. The number of hydrogen-bond donors (Lipinski definition) is 1. The van der Waals surface area contributed by atoms with E-state index < -0.39 is 47.4 Å². The predicted octanol–water partition coefficient (Wildman–Crippen LogP) is 2.95. The lowest BCUT2D eigenvalue weighted by Crippen LogP contribution is -2.70. The Balaban J connectivity index is 2.19. The zero-order valence-electron chi connectivity index (χ0n) is 22.4. The zero-order chi connectivity index (χ0) is 30.4. The summed E-state index contributed by atoms with van der Waals surface area (Å²) in [7, 11) is -9.81. The molecular formula is C26H27Cl2N3O8S2. The van der Waals surface area contributed by atoms with E-state index in [1.54, 1.807) is 48.5 Å². The fourth-order valence-electron chi connectivity index (χ4n) is 5.22. The fraction of sp³-hybridized carbons (Fsp3) is 0.346. The molecule has 15 heteroatoms. The number of nitrogens with one attached hydrogen (secondary N) is 1. The van der Waals surface area contributed by atoms with Crippen molar-refractivity contribution in [3.05, 3.63) is 69.7 Å². The summed E-state index contributed by atoms with van der Waals surface area (Å²) in [6.07, 6.45) is 0.734. The van der Waals surface area contributed by atoms with Crippen LogP contribution in [0.15, 0.2) is 53.5 Å². The van der Waals surface area contributed by atoms with Gasteiger partial charge in [-0.2, -0.15) is 5.43 Å². The summed E-state index contributed by atoms with van der Waals surface area (Å²) in [5.41, 5.74) is 0.859. The molecule has 0 bridgehead atoms. The third-order valence-corrected chi connectivity index (χ3v) is 12.1. The number of aliphatic imine (C=N–C) groups is 1. The highest BCUT2D eigenvalue weighted by molar-refractivity contribution is 8.09. The number of rotatable bonds is 8. The Bertz CT molecular complexity index is 1620. The van der Waals surface area contributed by atoms with Gasteiger partial charge in [0.15, 0.2) is 25.8 Å². The zero-order valence-corrected chi connectivity index (χ0v) is 25.6. The number of carbonyl (C=O) groups is 2.